The van der Waals surface area contributed by atoms with Crippen molar-refractivity contribution in [2.75, 3.05) is 0 Å². The largest absolute Gasteiger partial charge is 0.271 e. The molecule has 0 amide bonds. The zero-order valence-corrected chi connectivity index (χ0v) is 10.7. The van der Waals surface area contributed by atoms with Gasteiger partial charge in [-0.2, -0.15) is 0 Å². The molecule has 1 aromatic carbocycles. The smallest absolute Gasteiger partial charge is 0.141 e. The highest BCUT2D eigenvalue weighted by Crippen LogP contribution is 2.29. The molecule has 0 saturated heterocycles. The van der Waals surface area contributed by atoms with Crippen molar-refractivity contribution in [3.8, 4) is 0 Å². The molecule has 1 aromatic heterocycles. The third-order valence-electron chi connectivity index (χ3n) is 2.50. The van der Waals surface area contributed by atoms with Gasteiger partial charge in [-0.1, -0.05) is 29.3 Å². The molecule has 0 saturated carbocycles. The van der Waals surface area contributed by atoms with Crippen LogP contribution in [0.5, 0.6) is 0 Å². The lowest BCUT2D eigenvalue weighted by molar-refractivity contribution is 0.598. The van der Waals surface area contributed by atoms with Crippen LogP contribution in [0.4, 0.5) is 4.39 Å². The van der Waals surface area contributed by atoms with Gasteiger partial charge in [-0.05, 0) is 29.3 Å². The number of halogens is 3. The second-order valence-corrected chi connectivity index (χ2v) is 4.55. The van der Waals surface area contributed by atoms with Crippen molar-refractivity contribution in [1.29, 1.82) is 0 Å². The van der Waals surface area contributed by atoms with E-state index in [2.05, 4.69) is 10.4 Å². The minimum atomic E-state index is -0.446. The van der Waals surface area contributed by atoms with Gasteiger partial charge in [-0.15, -0.1) is 0 Å². The van der Waals surface area contributed by atoms with Gasteiger partial charge in [0.15, 0.2) is 0 Å². The van der Waals surface area contributed by atoms with Crippen LogP contribution < -0.4 is 11.3 Å². The zero-order valence-electron chi connectivity index (χ0n) is 9.20. The van der Waals surface area contributed by atoms with E-state index >= 15 is 0 Å². The van der Waals surface area contributed by atoms with E-state index in [1.54, 1.807) is 18.2 Å². The molecule has 2 aromatic rings. The van der Waals surface area contributed by atoms with Crippen molar-refractivity contribution in [3.05, 3.63) is 63.6 Å². The number of nitrogens with one attached hydrogen (secondary N) is 1. The van der Waals surface area contributed by atoms with Crippen LogP contribution in [-0.2, 0) is 0 Å². The number of hydrogen-bond donors (Lipinski definition) is 2. The van der Waals surface area contributed by atoms with E-state index in [0.717, 1.165) is 6.20 Å². The lowest BCUT2D eigenvalue weighted by atomic mass is 10.0. The van der Waals surface area contributed by atoms with Crippen LogP contribution in [0, 0.1) is 5.82 Å². The van der Waals surface area contributed by atoms with Gasteiger partial charge in [0.25, 0.3) is 0 Å². The molecule has 94 valence electrons. The Bertz CT molecular complexity index is 563. The van der Waals surface area contributed by atoms with Crippen molar-refractivity contribution in [1.82, 2.24) is 10.4 Å². The van der Waals surface area contributed by atoms with E-state index in [-0.39, 0.29) is 0 Å². The van der Waals surface area contributed by atoms with Gasteiger partial charge in [-0.25, -0.2) is 9.82 Å². The van der Waals surface area contributed by atoms with Gasteiger partial charge in [-0.3, -0.25) is 10.8 Å². The van der Waals surface area contributed by atoms with Crippen molar-refractivity contribution < 1.29 is 4.39 Å². The normalized spacial score (nSPS) is 12.4. The van der Waals surface area contributed by atoms with Gasteiger partial charge in [0.05, 0.1) is 12.2 Å². The number of pyridine rings is 1. The molecule has 0 spiro atoms. The molecule has 0 aliphatic heterocycles. The Morgan fingerprint density at radius 2 is 2.00 bits per heavy atom. The van der Waals surface area contributed by atoms with Gasteiger partial charge in [0.2, 0.25) is 0 Å². The molecule has 3 N–H and O–H groups in total. The second-order valence-electron chi connectivity index (χ2n) is 3.70. The number of rotatable bonds is 3. The molecule has 0 radical (unpaired) electrons. The van der Waals surface area contributed by atoms with Crippen LogP contribution in [0.1, 0.15) is 17.2 Å². The molecule has 3 nitrogen and oxygen atoms in total. The van der Waals surface area contributed by atoms with E-state index in [0.29, 0.717) is 21.2 Å². The molecule has 18 heavy (non-hydrogen) atoms. The van der Waals surface area contributed by atoms with Gasteiger partial charge in [0, 0.05) is 16.2 Å². The molecule has 1 heterocycles. The van der Waals surface area contributed by atoms with Crippen molar-refractivity contribution >= 4 is 23.2 Å². The standard InChI is InChI=1S/C12H10Cl2FN3/c13-8-1-2-10(11(14)4-8)12(18-16)7-3-9(15)6-17-5-7/h1-6,12,18H,16H2. The lowest BCUT2D eigenvalue weighted by Crippen LogP contribution is -2.29. The average molecular weight is 286 g/mol. The number of nitrogens with two attached hydrogens (primary N) is 1. The number of aromatic nitrogens is 1. The summed E-state index contributed by atoms with van der Waals surface area (Å²) in [4.78, 5) is 3.79. The molecule has 6 heteroatoms. The maximum atomic E-state index is 13.2. The third-order valence-corrected chi connectivity index (χ3v) is 3.06. The minimum Gasteiger partial charge on any atom is -0.271 e. The Kier molecular flexibility index (Phi) is 4.14. The summed E-state index contributed by atoms with van der Waals surface area (Å²) in [6.45, 7) is 0. The van der Waals surface area contributed by atoms with Gasteiger partial charge < -0.3 is 0 Å². The molecule has 0 aliphatic carbocycles. The maximum absolute atomic E-state index is 13.2. The van der Waals surface area contributed by atoms with Crippen LogP contribution in [0.2, 0.25) is 10.0 Å². The van der Waals surface area contributed by atoms with E-state index in [4.69, 9.17) is 29.0 Å². The molecular weight excluding hydrogens is 276 g/mol. The Balaban J connectivity index is 2.45. The number of hydrazine groups is 1. The highest BCUT2D eigenvalue weighted by atomic mass is 35.5. The fourth-order valence-electron chi connectivity index (χ4n) is 1.69. The highest BCUT2D eigenvalue weighted by molar-refractivity contribution is 6.35. The minimum absolute atomic E-state index is 0.433. The van der Waals surface area contributed by atoms with Crippen LogP contribution in [0.3, 0.4) is 0 Å². The Labute approximate surface area is 114 Å². The first-order chi connectivity index (χ1) is 8.61. The first-order valence-electron chi connectivity index (χ1n) is 5.13. The van der Waals surface area contributed by atoms with E-state index in [1.165, 1.54) is 12.3 Å². The summed E-state index contributed by atoms with van der Waals surface area (Å²) >= 11 is 11.9. The van der Waals surface area contributed by atoms with Crippen molar-refractivity contribution in [2.45, 2.75) is 6.04 Å². The summed E-state index contributed by atoms with van der Waals surface area (Å²) in [5.74, 6) is 5.07. The predicted molar refractivity (Wildman–Crippen MR) is 69.8 cm³/mol. The van der Waals surface area contributed by atoms with Crippen LogP contribution in [0.25, 0.3) is 0 Å². The number of hydrogen-bond acceptors (Lipinski definition) is 3. The Morgan fingerprint density at radius 1 is 1.22 bits per heavy atom. The van der Waals surface area contributed by atoms with Crippen molar-refractivity contribution in [3.63, 3.8) is 0 Å². The molecule has 1 unspecified atom stereocenters. The highest BCUT2D eigenvalue weighted by Gasteiger charge is 2.16. The first kappa shape index (κ1) is 13.2. The summed E-state index contributed by atoms with van der Waals surface area (Å²) in [5.41, 5.74) is 3.88. The predicted octanol–water partition coefficient (Wildman–Crippen LogP) is 3.08. The number of nitrogens with zero attached hydrogens (tertiary/aromatic N) is 1. The first-order valence-corrected chi connectivity index (χ1v) is 5.89. The van der Waals surface area contributed by atoms with Gasteiger partial charge in [0.1, 0.15) is 5.82 Å². The van der Waals surface area contributed by atoms with E-state index in [1.807, 2.05) is 0 Å². The van der Waals surface area contributed by atoms with Crippen LogP contribution in [-0.4, -0.2) is 4.98 Å². The zero-order chi connectivity index (χ0) is 13.1. The molecule has 0 aliphatic rings. The van der Waals surface area contributed by atoms with E-state index in [9.17, 15) is 4.39 Å². The molecular formula is C12H10Cl2FN3. The maximum Gasteiger partial charge on any atom is 0.141 e. The van der Waals surface area contributed by atoms with E-state index < -0.39 is 11.9 Å². The Hall–Kier alpha value is -1.20. The van der Waals surface area contributed by atoms with Crippen molar-refractivity contribution in [2.24, 2.45) is 5.84 Å². The summed E-state index contributed by atoms with van der Waals surface area (Å²) in [7, 11) is 0. The monoisotopic (exact) mass is 285 g/mol. The summed E-state index contributed by atoms with van der Waals surface area (Å²) in [6, 6.07) is 5.94. The lowest BCUT2D eigenvalue weighted by Gasteiger charge is -2.18. The fraction of sp³-hybridized carbons (Fsp3) is 0.0833. The summed E-state index contributed by atoms with van der Waals surface area (Å²) < 4.78 is 13.2. The number of benzene rings is 1. The molecule has 0 bridgehead atoms. The second kappa shape index (κ2) is 5.63. The molecule has 0 fully saturated rings. The Morgan fingerprint density at radius 3 is 2.61 bits per heavy atom. The third kappa shape index (κ3) is 2.79. The topological polar surface area (TPSA) is 50.9 Å². The fourth-order valence-corrected chi connectivity index (χ4v) is 2.20. The average Bonchev–Trinajstić information content (AvgIpc) is 2.33. The van der Waals surface area contributed by atoms with Gasteiger partial charge >= 0.3 is 0 Å². The quantitative estimate of drug-likeness (QED) is 0.673. The molecule has 2 rings (SSSR count). The van der Waals surface area contributed by atoms with Crippen LogP contribution in [0.15, 0.2) is 36.7 Å². The summed E-state index contributed by atoms with van der Waals surface area (Å²) in [5, 5.41) is 0.978. The van der Waals surface area contributed by atoms with Crippen LogP contribution >= 0.6 is 23.2 Å². The summed E-state index contributed by atoms with van der Waals surface area (Å²) in [6.07, 6.45) is 2.65. The SMILES string of the molecule is NNC(c1cncc(F)c1)c1ccc(Cl)cc1Cl. The molecule has 1 atom stereocenters.